The van der Waals surface area contributed by atoms with E-state index < -0.39 is 40.4 Å². The minimum atomic E-state index is -1.54. The van der Waals surface area contributed by atoms with Gasteiger partial charge in [0.1, 0.15) is 18.8 Å². The number of nitro benzene ring substituents is 1. The van der Waals surface area contributed by atoms with Crippen molar-refractivity contribution in [2.45, 2.75) is 44.5 Å². The van der Waals surface area contributed by atoms with Gasteiger partial charge in [-0.3, -0.25) is 19.8 Å². The van der Waals surface area contributed by atoms with Crippen LogP contribution in [-0.4, -0.2) is 54.8 Å². The number of rotatable bonds is 8. The van der Waals surface area contributed by atoms with E-state index in [4.69, 9.17) is 12.6 Å². The normalized spacial score (nSPS) is 28.7. The van der Waals surface area contributed by atoms with Crippen molar-refractivity contribution >= 4 is 36.0 Å². The van der Waals surface area contributed by atoms with E-state index >= 15 is 0 Å². The number of amidine groups is 1. The van der Waals surface area contributed by atoms with Gasteiger partial charge >= 0.3 is 0 Å². The molecule has 38 heavy (non-hydrogen) atoms. The summed E-state index contributed by atoms with van der Waals surface area (Å²) in [7, 11) is 0. The number of aliphatic hydroxyl groups excluding tert-OH is 1. The van der Waals surface area contributed by atoms with E-state index in [9.17, 15) is 29.9 Å². The van der Waals surface area contributed by atoms with Crippen LogP contribution in [-0.2, 0) is 22.6 Å². The lowest BCUT2D eigenvalue weighted by Gasteiger charge is -2.57. The van der Waals surface area contributed by atoms with Crippen LogP contribution in [0, 0.1) is 16.0 Å². The second kappa shape index (κ2) is 9.19. The molecule has 3 heterocycles. The Morgan fingerprint density at radius 3 is 2.39 bits per heavy atom. The topological polar surface area (TPSA) is 136 Å². The molecular formula is C27H26N4O6S. The molecule has 1 saturated heterocycles. The van der Waals surface area contributed by atoms with Crippen molar-refractivity contribution in [1.82, 2.24) is 4.90 Å². The fourth-order valence-electron chi connectivity index (χ4n) is 6.26. The molecule has 5 atom stereocenters. The van der Waals surface area contributed by atoms with Crippen LogP contribution in [0.2, 0.25) is 0 Å². The number of nitrogens with zero attached hydrogens (tertiary/aromatic N) is 4. The van der Waals surface area contributed by atoms with Crippen LogP contribution >= 0.6 is 12.6 Å². The molecule has 11 heteroatoms. The fourth-order valence-corrected chi connectivity index (χ4v) is 6.85. The Hall–Kier alpha value is -3.80. The number of aliphatic carboxylic acids is 1. The Morgan fingerprint density at radius 1 is 1.21 bits per heavy atom. The molecular weight excluding hydrogens is 508 g/mol. The molecule has 1 fully saturated rings. The smallest absolute Gasteiger partial charge is 0.269 e. The van der Waals surface area contributed by atoms with Gasteiger partial charge in [0.25, 0.3) is 5.69 Å². The number of hydrogen-bond donors (Lipinski definition) is 2. The summed E-state index contributed by atoms with van der Waals surface area (Å²) in [5, 5.41) is 34.4. The van der Waals surface area contributed by atoms with Gasteiger partial charge in [-0.15, -0.1) is 12.6 Å². The van der Waals surface area contributed by atoms with Gasteiger partial charge in [-0.05, 0) is 12.5 Å². The highest BCUT2D eigenvalue weighted by atomic mass is 32.1. The number of carboxylic acid groups (broad SMARTS) is 1. The summed E-state index contributed by atoms with van der Waals surface area (Å²) in [6.45, 7) is 3.70. The SMILES string of the molecule is CC1=NC=C[N+]1(Cc1ccccc1)C1(Cc2ccc([N+](=O)[O-])cc2)C(S)=C(C(=O)[O-])N2C(=O)[C@@H]([C@@H](C)O)C21. The summed E-state index contributed by atoms with van der Waals surface area (Å²) in [5.74, 6) is -2.32. The molecule has 3 unspecified atom stereocenters. The van der Waals surface area contributed by atoms with Gasteiger partial charge in [-0.25, -0.2) is 9.48 Å². The average Bonchev–Trinajstić information content (AvgIpc) is 3.34. The first-order valence-electron chi connectivity index (χ1n) is 12.1. The predicted octanol–water partition coefficient (Wildman–Crippen LogP) is 1.91. The minimum Gasteiger partial charge on any atom is -0.543 e. The minimum absolute atomic E-state index is 0.0152. The number of aliphatic imine (C=N–C) groups is 1. The molecule has 0 aliphatic carbocycles. The summed E-state index contributed by atoms with van der Waals surface area (Å²) >= 11 is 4.81. The van der Waals surface area contributed by atoms with E-state index in [0.29, 0.717) is 17.9 Å². The zero-order valence-corrected chi connectivity index (χ0v) is 21.6. The van der Waals surface area contributed by atoms with E-state index in [-0.39, 0.29) is 27.2 Å². The molecule has 196 valence electrons. The van der Waals surface area contributed by atoms with Crippen molar-refractivity contribution in [3.63, 3.8) is 0 Å². The van der Waals surface area contributed by atoms with E-state index in [0.717, 1.165) is 5.56 Å². The fraction of sp³-hybridized carbons (Fsp3) is 0.296. The van der Waals surface area contributed by atoms with Crippen molar-refractivity contribution in [2.75, 3.05) is 0 Å². The Morgan fingerprint density at radius 2 is 1.87 bits per heavy atom. The molecule has 2 aromatic carbocycles. The maximum atomic E-state index is 13.2. The molecule has 3 aliphatic rings. The quantitative estimate of drug-likeness (QED) is 0.175. The predicted molar refractivity (Wildman–Crippen MR) is 139 cm³/mol. The van der Waals surface area contributed by atoms with Gasteiger partial charge in [0.05, 0.1) is 39.7 Å². The first-order valence-corrected chi connectivity index (χ1v) is 12.5. The van der Waals surface area contributed by atoms with Gasteiger partial charge in [0.15, 0.2) is 5.54 Å². The summed E-state index contributed by atoms with van der Waals surface area (Å²) in [5.41, 5.74) is -0.0448. The largest absolute Gasteiger partial charge is 0.543 e. The number of amides is 1. The number of fused-ring (bicyclic) bond motifs is 1. The van der Waals surface area contributed by atoms with E-state index in [1.807, 2.05) is 43.5 Å². The van der Waals surface area contributed by atoms with Crippen LogP contribution in [0.1, 0.15) is 25.0 Å². The Bertz CT molecular complexity index is 1420. The molecule has 0 aromatic heterocycles. The molecule has 0 spiro atoms. The molecule has 3 aliphatic heterocycles. The highest BCUT2D eigenvalue weighted by Gasteiger charge is 2.74. The van der Waals surface area contributed by atoms with E-state index in [1.54, 1.807) is 18.3 Å². The van der Waals surface area contributed by atoms with Crippen molar-refractivity contribution < 1.29 is 29.2 Å². The van der Waals surface area contributed by atoms with Crippen LogP contribution < -0.4 is 5.11 Å². The summed E-state index contributed by atoms with van der Waals surface area (Å²) in [4.78, 5) is 42.3. The molecule has 0 radical (unpaired) electrons. The Balaban J connectivity index is 1.79. The zero-order valence-electron chi connectivity index (χ0n) is 20.7. The van der Waals surface area contributed by atoms with Crippen LogP contribution in [0.25, 0.3) is 0 Å². The molecule has 1 amide bonds. The summed E-state index contributed by atoms with van der Waals surface area (Å²) < 4.78 is 0.0152. The average molecular weight is 535 g/mol. The monoisotopic (exact) mass is 534 g/mol. The lowest BCUT2D eigenvalue weighted by molar-refractivity contribution is -0.854. The second-order valence-electron chi connectivity index (χ2n) is 9.92. The number of aliphatic hydroxyl groups is 1. The van der Waals surface area contributed by atoms with E-state index in [2.05, 4.69) is 4.99 Å². The Labute approximate surface area is 224 Å². The molecule has 5 rings (SSSR count). The van der Waals surface area contributed by atoms with Gasteiger partial charge < -0.3 is 15.0 Å². The number of quaternary nitrogens is 1. The number of carboxylic acids is 1. The van der Waals surface area contributed by atoms with Crippen LogP contribution in [0.15, 0.2) is 82.6 Å². The van der Waals surface area contributed by atoms with Crippen molar-refractivity contribution in [1.29, 1.82) is 0 Å². The van der Waals surface area contributed by atoms with Crippen molar-refractivity contribution in [3.05, 3.63) is 98.8 Å². The number of thiol groups is 1. The molecule has 0 bridgehead atoms. The number of carbonyl (C=O) groups is 2. The third-order valence-electron chi connectivity index (χ3n) is 7.99. The number of benzene rings is 2. The van der Waals surface area contributed by atoms with Crippen molar-refractivity contribution in [2.24, 2.45) is 10.9 Å². The lowest BCUT2D eigenvalue weighted by Crippen LogP contribution is -2.77. The maximum Gasteiger partial charge on any atom is 0.269 e. The third kappa shape index (κ3) is 3.53. The molecule has 2 aromatic rings. The molecule has 0 saturated carbocycles. The zero-order chi connectivity index (χ0) is 27.4. The number of β-lactam (4-membered cyclic amide) rings is 1. The van der Waals surface area contributed by atoms with Crippen LogP contribution in [0.4, 0.5) is 5.69 Å². The number of hydrogen-bond acceptors (Lipinski definition) is 8. The maximum absolute atomic E-state index is 13.2. The first-order chi connectivity index (χ1) is 18.0. The third-order valence-corrected chi connectivity index (χ3v) is 8.59. The van der Waals surface area contributed by atoms with Gasteiger partial charge in [0, 0.05) is 31.0 Å². The number of non-ortho nitro benzene ring substituents is 1. The first kappa shape index (κ1) is 25.8. The number of carbonyl (C=O) groups excluding carboxylic acids is 2. The molecule has 1 N–H and O–H groups in total. The lowest BCUT2D eigenvalue weighted by atomic mass is 9.69. The Kier molecular flexibility index (Phi) is 6.25. The highest BCUT2D eigenvalue weighted by molar-refractivity contribution is 7.84. The highest BCUT2D eigenvalue weighted by Crippen LogP contribution is 2.58. The van der Waals surface area contributed by atoms with Crippen LogP contribution in [0.5, 0.6) is 0 Å². The van der Waals surface area contributed by atoms with Gasteiger partial charge in [-0.2, -0.15) is 0 Å². The van der Waals surface area contributed by atoms with Crippen molar-refractivity contribution in [3.8, 4) is 0 Å². The molecule has 10 nitrogen and oxygen atoms in total. The standard InChI is InChI=1S/C27H26N4O6S/c1-16(32)21-23-27(14-18-8-10-20(11-9-18)30(36)37,24(38)22(26(34)35)29(23)25(21)33)31(13-12-28-17(31)2)15-19-6-4-3-5-7-19/h3-13,16,21,23,32H,14-15H2,1-2H3,(H-,34,35,38)/t16-,21+,23?,27?,31?/m1/s1. The second-order valence-corrected chi connectivity index (χ2v) is 10.4. The van der Waals surface area contributed by atoms with Gasteiger partial charge in [-0.1, -0.05) is 42.5 Å². The summed E-state index contributed by atoms with van der Waals surface area (Å²) in [6, 6.07) is 14.8. The number of nitro groups is 1. The van der Waals surface area contributed by atoms with Crippen LogP contribution in [0.3, 0.4) is 0 Å². The summed E-state index contributed by atoms with van der Waals surface area (Å²) in [6.07, 6.45) is 2.60. The van der Waals surface area contributed by atoms with Gasteiger partial charge in [0.2, 0.25) is 11.7 Å². The van der Waals surface area contributed by atoms with E-state index in [1.165, 1.54) is 24.0 Å².